The van der Waals surface area contributed by atoms with Crippen LogP contribution in [0.3, 0.4) is 0 Å². The van der Waals surface area contributed by atoms with Gasteiger partial charge in [0.05, 0.1) is 10.5 Å². The summed E-state index contributed by atoms with van der Waals surface area (Å²) in [6, 6.07) is 18.7. The number of benzene rings is 3. The summed E-state index contributed by atoms with van der Waals surface area (Å²) in [7, 11) is -3.68. The number of hydrogen-bond donors (Lipinski definition) is 3. The molecule has 9 heteroatoms. The Bertz CT molecular complexity index is 1310. The third kappa shape index (κ3) is 6.43. The van der Waals surface area contributed by atoms with E-state index in [-0.39, 0.29) is 36.1 Å². The summed E-state index contributed by atoms with van der Waals surface area (Å²) in [5.41, 5.74) is 8.27. The van der Waals surface area contributed by atoms with Crippen molar-refractivity contribution in [2.45, 2.75) is 25.3 Å². The van der Waals surface area contributed by atoms with Gasteiger partial charge < -0.3 is 15.8 Å². The summed E-state index contributed by atoms with van der Waals surface area (Å²) in [5.74, 6) is -0.566. The Hall–Kier alpha value is -3.69. The Labute approximate surface area is 199 Å². The van der Waals surface area contributed by atoms with E-state index in [2.05, 4.69) is 10.0 Å². The predicted octanol–water partition coefficient (Wildman–Crippen LogP) is 2.69. The van der Waals surface area contributed by atoms with E-state index >= 15 is 0 Å². The van der Waals surface area contributed by atoms with Gasteiger partial charge in [-0.1, -0.05) is 36.4 Å². The van der Waals surface area contributed by atoms with Crippen LogP contribution in [0, 0.1) is 13.8 Å². The summed E-state index contributed by atoms with van der Waals surface area (Å²) >= 11 is 0. The van der Waals surface area contributed by atoms with Crippen LogP contribution >= 0.6 is 0 Å². The maximum Gasteiger partial charge on any atom is 0.252 e. The van der Waals surface area contributed by atoms with Crippen molar-refractivity contribution >= 4 is 21.8 Å². The highest BCUT2D eigenvalue weighted by molar-refractivity contribution is 7.89. The van der Waals surface area contributed by atoms with Gasteiger partial charge in [-0.25, -0.2) is 13.1 Å². The van der Waals surface area contributed by atoms with Gasteiger partial charge in [-0.05, 0) is 60.9 Å². The first-order valence-electron chi connectivity index (χ1n) is 10.6. The number of nitrogens with one attached hydrogen (secondary N) is 2. The molecule has 34 heavy (non-hydrogen) atoms. The first-order valence-corrected chi connectivity index (χ1v) is 12.1. The van der Waals surface area contributed by atoms with Crippen LogP contribution in [0.2, 0.25) is 0 Å². The molecule has 0 aliphatic heterocycles. The number of carbonyl (C=O) groups is 2. The Kier molecular flexibility index (Phi) is 8.04. The van der Waals surface area contributed by atoms with Gasteiger partial charge in [0, 0.05) is 18.7 Å². The van der Waals surface area contributed by atoms with Crippen molar-refractivity contribution in [3.8, 4) is 5.75 Å². The van der Waals surface area contributed by atoms with Crippen LogP contribution in [0.15, 0.2) is 71.6 Å². The molecule has 0 heterocycles. The number of aryl methyl sites for hydroxylation is 2. The summed E-state index contributed by atoms with van der Waals surface area (Å²) in [6.07, 6.45) is 0. The van der Waals surface area contributed by atoms with Crippen molar-refractivity contribution < 1.29 is 22.7 Å². The summed E-state index contributed by atoms with van der Waals surface area (Å²) < 4.78 is 33.3. The highest BCUT2D eigenvalue weighted by Gasteiger charge is 2.16. The number of ether oxygens (including phenoxy) is 1. The highest BCUT2D eigenvalue weighted by Crippen LogP contribution is 2.19. The van der Waals surface area contributed by atoms with E-state index in [0.29, 0.717) is 16.9 Å². The van der Waals surface area contributed by atoms with Crippen LogP contribution in [0.1, 0.15) is 37.4 Å². The second-order valence-electron chi connectivity index (χ2n) is 7.77. The SMILES string of the molecule is Cc1ccc(C)c(S(=O)(=O)NCCNC(=O)c2cccc(COc3ccccc3C(N)=O)c2)c1. The van der Waals surface area contributed by atoms with Gasteiger partial charge >= 0.3 is 0 Å². The molecule has 0 spiro atoms. The third-order valence-corrected chi connectivity index (χ3v) is 6.67. The molecule has 3 aromatic carbocycles. The lowest BCUT2D eigenvalue weighted by molar-refractivity contribution is 0.0953. The number of para-hydroxylation sites is 1. The smallest absolute Gasteiger partial charge is 0.252 e. The fraction of sp³-hybridized carbons (Fsp3) is 0.200. The maximum absolute atomic E-state index is 12.6. The normalized spacial score (nSPS) is 11.1. The average molecular weight is 482 g/mol. The zero-order chi connectivity index (χ0) is 24.7. The minimum Gasteiger partial charge on any atom is -0.488 e. The second-order valence-corrected chi connectivity index (χ2v) is 9.51. The van der Waals surface area contributed by atoms with Gasteiger partial charge in [-0.2, -0.15) is 0 Å². The number of nitrogens with two attached hydrogens (primary N) is 1. The number of primary amides is 1. The number of rotatable bonds is 10. The molecule has 0 aromatic heterocycles. The fourth-order valence-electron chi connectivity index (χ4n) is 3.30. The van der Waals surface area contributed by atoms with E-state index in [4.69, 9.17) is 10.5 Å². The quantitative estimate of drug-likeness (QED) is 0.384. The molecule has 2 amide bonds. The average Bonchev–Trinajstić information content (AvgIpc) is 2.82. The van der Waals surface area contributed by atoms with Crippen LogP contribution in [0.25, 0.3) is 0 Å². The van der Waals surface area contributed by atoms with Crippen LogP contribution < -0.4 is 20.5 Å². The molecule has 0 bridgehead atoms. The van der Waals surface area contributed by atoms with E-state index in [1.807, 2.05) is 13.0 Å². The zero-order valence-corrected chi connectivity index (χ0v) is 19.8. The van der Waals surface area contributed by atoms with Crippen LogP contribution in [-0.4, -0.2) is 33.3 Å². The lowest BCUT2D eigenvalue weighted by atomic mass is 10.1. The van der Waals surface area contributed by atoms with Gasteiger partial charge in [-0.15, -0.1) is 0 Å². The first-order chi connectivity index (χ1) is 16.2. The second kappa shape index (κ2) is 11.0. The van der Waals surface area contributed by atoms with Gasteiger partial charge in [0.1, 0.15) is 12.4 Å². The molecule has 0 radical (unpaired) electrons. The van der Waals surface area contributed by atoms with Crippen LogP contribution in [0.5, 0.6) is 5.75 Å². The van der Waals surface area contributed by atoms with Crippen LogP contribution in [0.4, 0.5) is 0 Å². The minimum absolute atomic E-state index is 0.0498. The molecule has 0 saturated carbocycles. The van der Waals surface area contributed by atoms with Crippen molar-refractivity contribution in [2.24, 2.45) is 5.73 Å². The molecule has 0 saturated heterocycles. The van der Waals surface area contributed by atoms with E-state index in [1.165, 1.54) is 0 Å². The largest absolute Gasteiger partial charge is 0.488 e. The highest BCUT2D eigenvalue weighted by atomic mass is 32.2. The molecular formula is C25H27N3O5S. The van der Waals surface area contributed by atoms with Crippen molar-refractivity contribution in [3.63, 3.8) is 0 Å². The zero-order valence-electron chi connectivity index (χ0n) is 19.0. The van der Waals surface area contributed by atoms with Gasteiger partial charge in [0.2, 0.25) is 10.0 Å². The lowest BCUT2D eigenvalue weighted by Gasteiger charge is -2.12. The number of sulfonamides is 1. The topological polar surface area (TPSA) is 128 Å². The molecule has 178 valence electrons. The Morgan fingerprint density at radius 2 is 1.71 bits per heavy atom. The molecule has 0 atom stereocenters. The third-order valence-electron chi connectivity index (χ3n) is 5.07. The summed E-state index contributed by atoms with van der Waals surface area (Å²) in [6.45, 7) is 3.87. The van der Waals surface area contributed by atoms with Gasteiger partial charge in [-0.3, -0.25) is 9.59 Å². The van der Waals surface area contributed by atoms with Gasteiger partial charge in [0.25, 0.3) is 11.8 Å². The molecule has 0 aliphatic carbocycles. The van der Waals surface area contributed by atoms with Crippen molar-refractivity contribution in [3.05, 3.63) is 94.5 Å². The molecular weight excluding hydrogens is 454 g/mol. The number of hydrogen-bond acceptors (Lipinski definition) is 5. The van der Waals surface area contributed by atoms with Crippen molar-refractivity contribution in [2.75, 3.05) is 13.1 Å². The van der Waals surface area contributed by atoms with Crippen molar-refractivity contribution in [1.29, 1.82) is 0 Å². The maximum atomic E-state index is 12.6. The number of carbonyl (C=O) groups excluding carboxylic acids is 2. The van der Waals surface area contributed by atoms with Crippen molar-refractivity contribution in [1.82, 2.24) is 10.0 Å². The molecule has 3 aromatic rings. The standard InChI is InChI=1S/C25H27N3O5S/c1-17-10-11-18(2)23(14-17)34(31,32)28-13-12-27-25(30)20-7-5-6-19(15-20)16-33-22-9-4-3-8-21(22)24(26)29/h3-11,14-15,28H,12-13,16H2,1-2H3,(H2,26,29)(H,27,30). The minimum atomic E-state index is -3.68. The molecule has 8 nitrogen and oxygen atoms in total. The monoisotopic (exact) mass is 481 g/mol. The number of amides is 2. The molecule has 0 unspecified atom stereocenters. The first kappa shape index (κ1) is 24.9. The van der Waals surface area contributed by atoms with E-state index in [1.54, 1.807) is 67.6 Å². The Balaban J connectivity index is 1.54. The lowest BCUT2D eigenvalue weighted by Crippen LogP contribution is -2.35. The fourth-order valence-corrected chi connectivity index (χ4v) is 4.66. The molecule has 0 aliphatic rings. The van der Waals surface area contributed by atoms with E-state index in [9.17, 15) is 18.0 Å². The van der Waals surface area contributed by atoms with Crippen LogP contribution in [-0.2, 0) is 16.6 Å². The Morgan fingerprint density at radius 1 is 0.941 bits per heavy atom. The van der Waals surface area contributed by atoms with E-state index in [0.717, 1.165) is 11.1 Å². The molecule has 4 N–H and O–H groups in total. The van der Waals surface area contributed by atoms with E-state index < -0.39 is 15.9 Å². The predicted molar refractivity (Wildman–Crippen MR) is 129 cm³/mol. The summed E-state index contributed by atoms with van der Waals surface area (Å²) in [4.78, 5) is 24.3. The Morgan fingerprint density at radius 3 is 2.47 bits per heavy atom. The van der Waals surface area contributed by atoms with Gasteiger partial charge in [0.15, 0.2) is 0 Å². The molecule has 3 rings (SSSR count). The molecule has 0 fully saturated rings. The summed E-state index contributed by atoms with van der Waals surface area (Å²) in [5, 5.41) is 2.71.